The first kappa shape index (κ1) is 9.68. The summed E-state index contributed by atoms with van der Waals surface area (Å²) in [6.07, 6.45) is 1.64. The lowest BCUT2D eigenvalue weighted by Gasteiger charge is -2.03. The van der Waals surface area contributed by atoms with Gasteiger partial charge in [0.05, 0.1) is 10.7 Å². The standard InChI is InChI=1S/C9H7BrClN3/c1-6-12-5-14(13-6)9-4-7(10)2-3-8(9)11/h2-5H,1H3. The molecule has 0 bridgehead atoms. The number of aryl methyl sites for hydroxylation is 1. The highest BCUT2D eigenvalue weighted by Gasteiger charge is 2.04. The Labute approximate surface area is 94.9 Å². The molecule has 0 amide bonds. The van der Waals surface area contributed by atoms with Crippen LogP contribution in [-0.4, -0.2) is 14.8 Å². The second-order valence-electron chi connectivity index (χ2n) is 2.83. The molecule has 0 unspecified atom stereocenters. The van der Waals surface area contributed by atoms with Gasteiger partial charge in [-0.25, -0.2) is 9.67 Å². The van der Waals surface area contributed by atoms with E-state index in [2.05, 4.69) is 26.0 Å². The van der Waals surface area contributed by atoms with Crippen LogP contribution < -0.4 is 0 Å². The number of hydrogen-bond acceptors (Lipinski definition) is 2. The monoisotopic (exact) mass is 271 g/mol. The van der Waals surface area contributed by atoms with Gasteiger partial charge in [0.2, 0.25) is 0 Å². The van der Waals surface area contributed by atoms with E-state index in [0.29, 0.717) is 5.02 Å². The number of nitrogens with zero attached hydrogens (tertiary/aromatic N) is 3. The van der Waals surface area contributed by atoms with Crippen LogP contribution in [0, 0.1) is 6.92 Å². The summed E-state index contributed by atoms with van der Waals surface area (Å²) in [7, 11) is 0. The Morgan fingerprint density at radius 3 is 2.86 bits per heavy atom. The van der Waals surface area contributed by atoms with E-state index in [0.717, 1.165) is 16.0 Å². The van der Waals surface area contributed by atoms with E-state index in [-0.39, 0.29) is 0 Å². The summed E-state index contributed by atoms with van der Waals surface area (Å²) >= 11 is 9.41. The molecular formula is C9H7BrClN3. The fraction of sp³-hybridized carbons (Fsp3) is 0.111. The summed E-state index contributed by atoms with van der Waals surface area (Å²) in [6.45, 7) is 1.84. The van der Waals surface area contributed by atoms with Gasteiger partial charge in [0.25, 0.3) is 0 Å². The zero-order valence-corrected chi connectivity index (χ0v) is 9.75. The molecule has 2 rings (SSSR count). The molecule has 5 heteroatoms. The number of aromatic nitrogens is 3. The van der Waals surface area contributed by atoms with Crippen molar-refractivity contribution in [2.24, 2.45) is 0 Å². The summed E-state index contributed by atoms with van der Waals surface area (Å²) in [5.74, 6) is 0.723. The van der Waals surface area contributed by atoms with Gasteiger partial charge in [-0.1, -0.05) is 27.5 Å². The molecule has 2 aromatic rings. The summed E-state index contributed by atoms with van der Waals surface area (Å²) in [4.78, 5) is 4.04. The molecule has 0 saturated carbocycles. The summed E-state index contributed by atoms with van der Waals surface area (Å²) < 4.78 is 2.62. The van der Waals surface area contributed by atoms with Crippen molar-refractivity contribution in [3.63, 3.8) is 0 Å². The molecule has 0 fully saturated rings. The smallest absolute Gasteiger partial charge is 0.147 e. The summed E-state index contributed by atoms with van der Waals surface area (Å²) in [5.41, 5.74) is 0.821. The lowest BCUT2D eigenvalue weighted by Crippen LogP contribution is -1.95. The molecule has 1 aromatic heterocycles. The van der Waals surface area contributed by atoms with E-state index >= 15 is 0 Å². The SMILES string of the molecule is Cc1ncn(-c2cc(Br)ccc2Cl)n1. The average molecular weight is 273 g/mol. The minimum Gasteiger partial charge on any atom is -0.220 e. The van der Waals surface area contributed by atoms with E-state index < -0.39 is 0 Å². The maximum atomic E-state index is 6.03. The van der Waals surface area contributed by atoms with E-state index in [1.54, 1.807) is 11.0 Å². The van der Waals surface area contributed by atoms with Crippen LogP contribution in [0.3, 0.4) is 0 Å². The van der Waals surface area contributed by atoms with Crippen molar-refractivity contribution in [1.29, 1.82) is 0 Å². The first-order valence-corrected chi connectivity index (χ1v) is 5.17. The van der Waals surface area contributed by atoms with Crippen molar-refractivity contribution in [2.75, 3.05) is 0 Å². The maximum absolute atomic E-state index is 6.03. The zero-order chi connectivity index (χ0) is 10.1. The highest BCUT2D eigenvalue weighted by molar-refractivity contribution is 9.10. The molecule has 0 radical (unpaired) electrons. The highest BCUT2D eigenvalue weighted by atomic mass is 79.9. The molecule has 72 valence electrons. The Bertz CT molecular complexity index is 467. The third-order valence-electron chi connectivity index (χ3n) is 1.76. The number of halogens is 2. The van der Waals surface area contributed by atoms with E-state index in [9.17, 15) is 0 Å². The van der Waals surface area contributed by atoms with Crippen LogP contribution in [0.2, 0.25) is 5.02 Å². The number of benzene rings is 1. The van der Waals surface area contributed by atoms with Gasteiger partial charge in [0.15, 0.2) is 0 Å². The largest absolute Gasteiger partial charge is 0.220 e. The molecular weight excluding hydrogens is 265 g/mol. The van der Waals surface area contributed by atoms with Crippen LogP contribution in [0.4, 0.5) is 0 Å². The van der Waals surface area contributed by atoms with Crippen molar-refractivity contribution >= 4 is 27.5 Å². The topological polar surface area (TPSA) is 30.7 Å². The predicted octanol–water partition coefficient (Wildman–Crippen LogP) is 2.99. The lowest BCUT2D eigenvalue weighted by molar-refractivity contribution is 0.862. The Hall–Kier alpha value is -0.870. The zero-order valence-electron chi connectivity index (χ0n) is 7.41. The number of hydrogen-bond donors (Lipinski definition) is 0. The second-order valence-corrected chi connectivity index (χ2v) is 4.15. The average Bonchev–Trinajstić information content (AvgIpc) is 2.56. The van der Waals surface area contributed by atoms with Gasteiger partial charge in [-0.2, -0.15) is 5.10 Å². The maximum Gasteiger partial charge on any atom is 0.147 e. The molecule has 0 aliphatic carbocycles. The van der Waals surface area contributed by atoms with Gasteiger partial charge in [0.1, 0.15) is 12.2 Å². The van der Waals surface area contributed by atoms with Crippen LogP contribution in [0.1, 0.15) is 5.82 Å². The number of rotatable bonds is 1. The van der Waals surface area contributed by atoms with Gasteiger partial charge in [-0.15, -0.1) is 0 Å². The molecule has 14 heavy (non-hydrogen) atoms. The normalized spacial score (nSPS) is 10.5. The molecule has 0 aliphatic heterocycles. The van der Waals surface area contributed by atoms with Gasteiger partial charge in [-0.3, -0.25) is 0 Å². The van der Waals surface area contributed by atoms with Gasteiger partial charge in [0, 0.05) is 4.47 Å². The third-order valence-corrected chi connectivity index (χ3v) is 2.57. The van der Waals surface area contributed by atoms with Gasteiger partial charge in [-0.05, 0) is 25.1 Å². The van der Waals surface area contributed by atoms with Gasteiger partial charge < -0.3 is 0 Å². The summed E-state index contributed by atoms with van der Waals surface area (Å²) in [6, 6.07) is 5.60. The minimum absolute atomic E-state index is 0.651. The Morgan fingerprint density at radius 1 is 1.43 bits per heavy atom. The third kappa shape index (κ3) is 1.81. The molecule has 0 spiro atoms. The van der Waals surface area contributed by atoms with E-state index in [1.807, 2.05) is 25.1 Å². The Balaban J connectivity index is 2.55. The second kappa shape index (κ2) is 3.71. The van der Waals surface area contributed by atoms with Gasteiger partial charge >= 0.3 is 0 Å². The van der Waals surface area contributed by atoms with Crippen LogP contribution in [0.25, 0.3) is 5.69 Å². The molecule has 1 heterocycles. The first-order valence-electron chi connectivity index (χ1n) is 4.00. The van der Waals surface area contributed by atoms with Crippen molar-refractivity contribution in [1.82, 2.24) is 14.8 Å². The highest BCUT2D eigenvalue weighted by Crippen LogP contribution is 2.23. The quantitative estimate of drug-likeness (QED) is 0.799. The van der Waals surface area contributed by atoms with Crippen molar-refractivity contribution in [3.8, 4) is 5.69 Å². The molecule has 3 nitrogen and oxygen atoms in total. The van der Waals surface area contributed by atoms with Crippen LogP contribution in [0.5, 0.6) is 0 Å². The van der Waals surface area contributed by atoms with Crippen molar-refractivity contribution < 1.29 is 0 Å². The Morgan fingerprint density at radius 2 is 2.21 bits per heavy atom. The summed E-state index contributed by atoms with van der Waals surface area (Å²) in [5, 5.41) is 4.83. The van der Waals surface area contributed by atoms with Crippen LogP contribution >= 0.6 is 27.5 Å². The van der Waals surface area contributed by atoms with E-state index in [1.165, 1.54) is 0 Å². The molecule has 1 aromatic carbocycles. The lowest BCUT2D eigenvalue weighted by atomic mass is 10.3. The molecule has 0 saturated heterocycles. The van der Waals surface area contributed by atoms with Crippen LogP contribution in [-0.2, 0) is 0 Å². The molecule has 0 N–H and O–H groups in total. The molecule has 0 atom stereocenters. The molecule has 0 aliphatic rings. The first-order chi connectivity index (χ1) is 6.66. The van der Waals surface area contributed by atoms with E-state index in [4.69, 9.17) is 11.6 Å². The fourth-order valence-corrected chi connectivity index (χ4v) is 1.68. The minimum atomic E-state index is 0.651. The predicted molar refractivity (Wildman–Crippen MR) is 58.8 cm³/mol. The van der Waals surface area contributed by atoms with Crippen molar-refractivity contribution in [3.05, 3.63) is 39.8 Å². The Kier molecular flexibility index (Phi) is 2.56. The van der Waals surface area contributed by atoms with Crippen LogP contribution in [0.15, 0.2) is 29.0 Å². The fourth-order valence-electron chi connectivity index (χ4n) is 1.12. The van der Waals surface area contributed by atoms with Crippen molar-refractivity contribution in [2.45, 2.75) is 6.92 Å².